The Labute approximate surface area is 176 Å². The number of amides is 1. The first-order valence-corrected chi connectivity index (χ1v) is 8.81. The van der Waals surface area contributed by atoms with E-state index in [0.29, 0.717) is 31.0 Å². The molecule has 0 unspecified atom stereocenters. The molecule has 1 aromatic carbocycles. The van der Waals surface area contributed by atoms with Gasteiger partial charge in [-0.3, -0.25) is 4.79 Å². The van der Waals surface area contributed by atoms with E-state index in [1.165, 1.54) is 0 Å². The van der Waals surface area contributed by atoms with Crippen LogP contribution in [0, 0.1) is 6.92 Å². The molecule has 0 spiro atoms. The predicted molar refractivity (Wildman–Crippen MR) is 114 cm³/mol. The van der Waals surface area contributed by atoms with Gasteiger partial charge >= 0.3 is 0 Å². The molecule has 1 aliphatic heterocycles. The zero-order valence-corrected chi connectivity index (χ0v) is 17.2. The van der Waals surface area contributed by atoms with E-state index in [1.807, 2.05) is 54.0 Å². The minimum Gasteiger partial charge on any atom is -0.486 e. The van der Waals surface area contributed by atoms with Crippen LogP contribution in [0.15, 0.2) is 48.8 Å². The number of nitrogens with two attached hydrogens (primary N) is 1. The molecular weight excluding hydrogens is 399 g/mol. The fourth-order valence-corrected chi connectivity index (χ4v) is 3.34. The number of aromatic nitrogens is 2. The Balaban J connectivity index is 0.00000140. The maximum atomic E-state index is 12.8. The van der Waals surface area contributed by atoms with Gasteiger partial charge in [-0.1, -0.05) is 18.2 Å². The van der Waals surface area contributed by atoms with Gasteiger partial charge in [-0.25, -0.2) is 4.98 Å². The van der Waals surface area contributed by atoms with Crippen LogP contribution in [0.25, 0.3) is 5.65 Å². The van der Waals surface area contributed by atoms with Crippen molar-refractivity contribution in [3.63, 3.8) is 0 Å². The van der Waals surface area contributed by atoms with Crippen LogP contribution in [0.1, 0.15) is 28.0 Å². The number of nitrogens with zero attached hydrogens (tertiary/aromatic N) is 3. The fraction of sp³-hybridized carbons (Fsp3) is 0.300. The van der Waals surface area contributed by atoms with Crippen LogP contribution < -0.4 is 10.5 Å². The van der Waals surface area contributed by atoms with Crippen molar-refractivity contribution in [3.05, 3.63) is 65.6 Å². The molecule has 150 valence electrons. The van der Waals surface area contributed by atoms with E-state index in [-0.39, 0.29) is 36.8 Å². The van der Waals surface area contributed by atoms with E-state index in [1.54, 1.807) is 11.0 Å². The van der Waals surface area contributed by atoms with Crippen LogP contribution in [0.2, 0.25) is 0 Å². The average Bonchev–Trinajstić information content (AvgIpc) is 3.26. The summed E-state index contributed by atoms with van der Waals surface area (Å²) in [5.41, 5.74) is 9.35. The highest BCUT2D eigenvalue weighted by molar-refractivity contribution is 5.97. The predicted octanol–water partition coefficient (Wildman–Crippen LogP) is 3.24. The molecule has 0 saturated carbocycles. The molecule has 3 aromatic rings. The molecule has 4 rings (SSSR count). The summed E-state index contributed by atoms with van der Waals surface area (Å²) < 4.78 is 7.93. The monoisotopic (exact) mass is 422 g/mol. The summed E-state index contributed by atoms with van der Waals surface area (Å²) in [6.45, 7) is 3.63. The largest absolute Gasteiger partial charge is 0.486 e. The van der Waals surface area contributed by atoms with Crippen molar-refractivity contribution in [2.45, 2.75) is 26.0 Å². The summed E-state index contributed by atoms with van der Waals surface area (Å²) >= 11 is 0. The van der Waals surface area contributed by atoms with Crippen molar-refractivity contribution >= 4 is 36.4 Å². The van der Waals surface area contributed by atoms with Gasteiger partial charge < -0.3 is 19.8 Å². The minimum atomic E-state index is -0.0283. The van der Waals surface area contributed by atoms with Crippen LogP contribution in [-0.4, -0.2) is 39.3 Å². The lowest BCUT2D eigenvalue weighted by Gasteiger charge is -2.18. The lowest BCUT2D eigenvalue weighted by molar-refractivity contribution is 0.0786. The smallest absolute Gasteiger partial charge is 0.257 e. The third kappa shape index (κ3) is 4.41. The number of fused-ring (bicyclic) bond motifs is 1. The van der Waals surface area contributed by atoms with Gasteiger partial charge in [0, 0.05) is 31.5 Å². The van der Waals surface area contributed by atoms with E-state index in [2.05, 4.69) is 4.98 Å². The van der Waals surface area contributed by atoms with Crippen LogP contribution in [0.4, 0.5) is 0 Å². The first-order valence-electron chi connectivity index (χ1n) is 8.81. The number of aryl methyl sites for hydroxylation is 1. The van der Waals surface area contributed by atoms with Gasteiger partial charge in [-0.15, -0.1) is 24.8 Å². The van der Waals surface area contributed by atoms with Crippen molar-refractivity contribution in [2.24, 2.45) is 5.73 Å². The van der Waals surface area contributed by atoms with Gasteiger partial charge in [0.05, 0.1) is 11.3 Å². The van der Waals surface area contributed by atoms with Crippen molar-refractivity contribution in [1.29, 1.82) is 0 Å². The number of benzene rings is 1. The third-order valence-electron chi connectivity index (χ3n) is 4.73. The second kappa shape index (κ2) is 9.28. The lowest BCUT2D eigenvalue weighted by atomic mass is 10.1. The summed E-state index contributed by atoms with van der Waals surface area (Å²) in [5, 5.41) is 0. The molecule has 1 amide bonds. The Hall–Kier alpha value is -2.28. The molecule has 0 bridgehead atoms. The normalized spacial score (nSPS) is 15.8. The van der Waals surface area contributed by atoms with Crippen molar-refractivity contribution < 1.29 is 9.53 Å². The number of likely N-dealkylation sites (tertiary alicyclic amines) is 1. The number of hydrogen-bond donors (Lipinski definition) is 1. The van der Waals surface area contributed by atoms with Gasteiger partial charge in [-0.2, -0.15) is 0 Å². The number of rotatable bonds is 4. The van der Waals surface area contributed by atoms with Crippen molar-refractivity contribution in [1.82, 2.24) is 14.3 Å². The first-order chi connectivity index (χ1) is 12.6. The van der Waals surface area contributed by atoms with Gasteiger partial charge in [0.25, 0.3) is 5.91 Å². The Morgan fingerprint density at radius 3 is 2.75 bits per heavy atom. The van der Waals surface area contributed by atoms with Gasteiger partial charge in [0.1, 0.15) is 18.0 Å². The zero-order valence-electron chi connectivity index (χ0n) is 15.6. The molecule has 0 aliphatic carbocycles. The summed E-state index contributed by atoms with van der Waals surface area (Å²) in [5.74, 6) is 0.547. The highest BCUT2D eigenvalue weighted by atomic mass is 35.5. The molecule has 0 radical (unpaired) electrons. The molecule has 1 aliphatic rings. The number of para-hydroxylation sites is 1. The first kappa shape index (κ1) is 22.0. The van der Waals surface area contributed by atoms with E-state index >= 15 is 0 Å². The van der Waals surface area contributed by atoms with Gasteiger partial charge in [0.15, 0.2) is 0 Å². The Bertz CT molecular complexity index is 960. The van der Waals surface area contributed by atoms with Crippen molar-refractivity contribution in [2.75, 3.05) is 13.1 Å². The SMILES string of the molecule is Cc1cccn2cc(COc3ccccc3C(=O)N3CC[C@@H](N)C3)nc12.Cl.Cl. The maximum Gasteiger partial charge on any atom is 0.257 e. The molecular formula is C20H24Cl2N4O2. The fourth-order valence-electron chi connectivity index (χ4n) is 3.34. The number of ether oxygens (including phenoxy) is 1. The van der Waals surface area contributed by atoms with E-state index in [0.717, 1.165) is 23.3 Å². The standard InChI is InChI=1S/C20H22N4O2.2ClH/c1-14-5-4-9-23-12-16(22-19(14)23)13-26-18-7-3-2-6-17(18)20(25)24-10-8-15(21)11-24;;/h2-7,9,12,15H,8,10-11,13,21H2,1H3;2*1H/t15-;;/m1../s1. The van der Waals surface area contributed by atoms with Crippen LogP contribution >= 0.6 is 24.8 Å². The molecule has 2 N–H and O–H groups in total. The van der Waals surface area contributed by atoms with E-state index < -0.39 is 0 Å². The Kier molecular flexibility index (Phi) is 7.29. The minimum absolute atomic E-state index is 0. The molecule has 1 saturated heterocycles. The highest BCUT2D eigenvalue weighted by Gasteiger charge is 2.26. The molecule has 6 nitrogen and oxygen atoms in total. The van der Waals surface area contributed by atoms with E-state index in [9.17, 15) is 4.79 Å². The summed E-state index contributed by atoms with van der Waals surface area (Å²) in [6.07, 6.45) is 4.76. The number of imidazole rings is 1. The average molecular weight is 423 g/mol. The van der Waals surface area contributed by atoms with E-state index in [4.69, 9.17) is 10.5 Å². The number of carbonyl (C=O) groups is 1. The topological polar surface area (TPSA) is 72.9 Å². The lowest BCUT2D eigenvalue weighted by Crippen LogP contribution is -2.32. The number of carbonyl (C=O) groups excluding carboxylic acids is 1. The molecule has 2 aromatic heterocycles. The van der Waals surface area contributed by atoms with Crippen LogP contribution in [0.3, 0.4) is 0 Å². The van der Waals surface area contributed by atoms with Crippen molar-refractivity contribution in [3.8, 4) is 5.75 Å². The Morgan fingerprint density at radius 2 is 2.04 bits per heavy atom. The molecule has 3 heterocycles. The second-order valence-electron chi connectivity index (χ2n) is 6.74. The summed E-state index contributed by atoms with van der Waals surface area (Å²) in [6, 6.07) is 11.4. The summed E-state index contributed by atoms with van der Waals surface area (Å²) in [4.78, 5) is 19.2. The second-order valence-corrected chi connectivity index (χ2v) is 6.74. The third-order valence-corrected chi connectivity index (χ3v) is 4.73. The highest BCUT2D eigenvalue weighted by Crippen LogP contribution is 2.23. The number of hydrogen-bond acceptors (Lipinski definition) is 4. The van der Waals surface area contributed by atoms with Crippen LogP contribution in [0.5, 0.6) is 5.75 Å². The molecule has 1 fully saturated rings. The molecule has 28 heavy (non-hydrogen) atoms. The quantitative estimate of drug-likeness (QED) is 0.700. The molecule has 8 heteroatoms. The van der Waals surface area contributed by atoms with Gasteiger partial charge in [-0.05, 0) is 37.1 Å². The number of halogens is 2. The Morgan fingerprint density at radius 1 is 1.25 bits per heavy atom. The maximum absolute atomic E-state index is 12.8. The van der Waals surface area contributed by atoms with Gasteiger partial charge in [0.2, 0.25) is 0 Å². The summed E-state index contributed by atoms with van der Waals surface area (Å²) in [7, 11) is 0. The van der Waals surface area contributed by atoms with Crippen LogP contribution in [-0.2, 0) is 6.61 Å². The zero-order chi connectivity index (χ0) is 18.1. The molecule has 1 atom stereocenters. The number of pyridine rings is 1.